The van der Waals surface area contributed by atoms with Crippen molar-refractivity contribution in [3.63, 3.8) is 0 Å². The third-order valence-corrected chi connectivity index (χ3v) is 2.86. The maximum Gasteiger partial charge on any atom is 0.255 e. The second-order valence-corrected chi connectivity index (χ2v) is 4.52. The molecule has 0 heterocycles. The molecule has 22 heavy (non-hydrogen) atoms. The van der Waals surface area contributed by atoms with Crippen LogP contribution >= 0.6 is 0 Å². The molecular formula is C17H17FN2O2. The van der Waals surface area contributed by atoms with Crippen LogP contribution in [0.15, 0.2) is 66.5 Å². The lowest BCUT2D eigenvalue weighted by Gasteiger charge is -2.07. The first-order valence-corrected chi connectivity index (χ1v) is 6.83. The fourth-order valence-corrected chi connectivity index (χ4v) is 1.77. The molecule has 0 bridgehead atoms. The molecule has 2 rings (SSSR count). The summed E-state index contributed by atoms with van der Waals surface area (Å²) in [5.74, 6) is -0.155. The predicted molar refractivity (Wildman–Crippen MR) is 84.6 cm³/mol. The molecule has 2 aromatic carbocycles. The van der Waals surface area contributed by atoms with Gasteiger partial charge in [0.25, 0.3) is 5.91 Å². The van der Waals surface area contributed by atoms with Crippen LogP contribution in [0.4, 0.5) is 10.1 Å². The highest BCUT2D eigenvalue weighted by Gasteiger charge is 2.06. The Morgan fingerprint density at radius 2 is 1.82 bits per heavy atom. The molecule has 3 N–H and O–H groups in total. The van der Waals surface area contributed by atoms with Crippen molar-refractivity contribution in [3.8, 4) is 5.75 Å². The van der Waals surface area contributed by atoms with Gasteiger partial charge in [-0.25, -0.2) is 4.39 Å². The normalized spacial score (nSPS) is 11.1. The lowest BCUT2D eigenvalue weighted by atomic mass is 10.2. The van der Waals surface area contributed by atoms with Gasteiger partial charge in [0.1, 0.15) is 18.2 Å². The number of carbonyl (C=O) groups is 1. The average molecular weight is 300 g/mol. The summed E-state index contributed by atoms with van der Waals surface area (Å²) in [6, 6.07) is 15.7. The van der Waals surface area contributed by atoms with Gasteiger partial charge in [0, 0.05) is 17.8 Å². The number of halogens is 1. The van der Waals surface area contributed by atoms with Crippen molar-refractivity contribution in [2.24, 2.45) is 5.73 Å². The SMILES string of the molecule is NC/C=C(/F)COc1ccc(C(=O)Nc2ccccc2)cc1. The van der Waals surface area contributed by atoms with Gasteiger partial charge in [0.2, 0.25) is 0 Å². The van der Waals surface area contributed by atoms with Crippen LogP contribution in [0.2, 0.25) is 0 Å². The smallest absolute Gasteiger partial charge is 0.255 e. The fourth-order valence-electron chi connectivity index (χ4n) is 1.77. The molecule has 0 saturated heterocycles. The van der Waals surface area contributed by atoms with Gasteiger partial charge in [0.15, 0.2) is 0 Å². The van der Waals surface area contributed by atoms with E-state index in [4.69, 9.17) is 10.5 Å². The molecule has 0 unspecified atom stereocenters. The van der Waals surface area contributed by atoms with Crippen LogP contribution in [0, 0.1) is 0 Å². The molecular weight excluding hydrogens is 283 g/mol. The number of hydrogen-bond donors (Lipinski definition) is 2. The number of ether oxygens (including phenoxy) is 1. The molecule has 0 atom stereocenters. The number of anilines is 1. The van der Waals surface area contributed by atoms with E-state index in [0.717, 1.165) is 5.69 Å². The van der Waals surface area contributed by atoms with Crippen molar-refractivity contribution in [3.05, 3.63) is 72.1 Å². The minimum atomic E-state index is -0.423. The van der Waals surface area contributed by atoms with Crippen LogP contribution in [0.1, 0.15) is 10.4 Å². The van der Waals surface area contributed by atoms with Gasteiger partial charge in [0.05, 0.1) is 0 Å². The Bertz CT molecular complexity index is 639. The van der Waals surface area contributed by atoms with Crippen LogP contribution < -0.4 is 15.8 Å². The Hall–Kier alpha value is -2.66. The summed E-state index contributed by atoms with van der Waals surface area (Å²) in [5.41, 5.74) is 6.42. The van der Waals surface area contributed by atoms with Crippen LogP contribution in [-0.2, 0) is 0 Å². The quantitative estimate of drug-likeness (QED) is 0.861. The number of nitrogens with one attached hydrogen (secondary N) is 1. The highest BCUT2D eigenvalue weighted by atomic mass is 19.1. The molecule has 5 heteroatoms. The van der Waals surface area contributed by atoms with Crippen molar-refractivity contribution in [1.82, 2.24) is 0 Å². The molecule has 2 aromatic rings. The second kappa shape index (κ2) is 7.95. The van der Waals surface area contributed by atoms with E-state index in [1.165, 1.54) is 6.08 Å². The zero-order valence-electron chi connectivity index (χ0n) is 12.0. The first-order valence-electron chi connectivity index (χ1n) is 6.83. The van der Waals surface area contributed by atoms with Crippen molar-refractivity contribution in [2.75, 3.05) is 18.5 Å². The number of carbonyl (C=O) groups excluding carboxylic acids is 1. The molecule has 1 amide bonds. The van der Waals surface area contributed by atoms with Crippen LogP contribution in [0.3, 0.4) is 0 Å². The third-order valence-electron chi connectivity index (χ3n) is 2.86. The summed E-state index contributed by atoms with van der Waals surface area (Å²) < 4.78 is 18.4. The summed E-state index contributed by atoms with van der Waals surface area (Å²) in [4.78, 5) is 12.0. The molecule has 0 saturated carbocycles. The molecule has 0 aliphatic rings. The van der Waals surface area contributed by atoms with E-state index in [2.05, 4.69) is 5.32 Å². The monoisotopic (exact) mass is 300 g/mol. The molecule has 0 fully saturated rings. The second-order valence-electron chi connectivity index (χ2n) is 4.52. The molecule has 0 aliphatic carbocycles. The minimum absolute atomic E-state index is 0.133. The largest absolute Gasteiger partial charge is 0.487 e. The Morgan fingerprint density at radius 1 is 1.14 bits per heavy atom. The van der Waals surface area contributed by atoms with Gasteiger partial charge in [-0.15, -0.1) is 0 Å². The summed E-state index contributed by atoms with van der Waals surface area (Å²) in [6.45, 7) is -0.0411. The standard InChI is InChI=1S/C17H17FN2O2/c18-14(10-11-19)12-22-16-8-6-13(7-9-16)17(21)20-15-4-2-1-3-5-15/h1-10H,11-12,19H2,(H,20,21)/b14-10+. The van der Waals surface area contributed by atoms with Crippen molar-refractivity contribution >= 4 is 11.6 Å². The summed E-state index contributed by atoms with van der Waals surface area (Å²) >= 11 is 0. The van der Waals surface area contributed by atoms with Gasteiger partial charge >= 0.3 is 0 Å². The third kappa shape index (κ3) is 4.71. The maximum atomic E-state index is 13.1. The summed E-state index contributed by atoms with van der Waals surface area (Å²) in [5, 5.41) is 2.78. The van der Waals surface area contributed by atoms with Gasteiger partial charge in [-0.2, -0.15) is 0 Å². The van der Waals surface area contributed by atoms with Gasteiger partial charge in [-0.3, -0.25) is 4.79 Å². The van der Waals surface area contributed by atoms with E-state index in [0.29, 0.717) is 11.3 Å². The van der Waals surface area contributed by atoms with E-state index in [1.54, 1.807) is 24.3 Å². The lowest BCUT2D eigenvalue weighted by molar-refractivity contribution is 0.102. The fraction of sp³-hybridized carbons (Fsp3) is 0.118. The minimum Gasteiger partial charge on any atom is -0.487 e. The van der Waals surface area contributed by atoms with Gasteiger partial charge in [-0.05, 0) is 42.5 Å². The topological polar surface area (TPSA) is 64.3 Å². The van der Waals surface area contributed by atoms with E-state index in [1.807, 2.05) is 30.3 Å². The highest BCUT2D eigenvalue weighted by Crippen LogP contribution is 2.15. The van der Waals surface area contributed by atoms with Crippen molar-refractivity contribution in [1.29, 1.82) is 0 Å². The Balaban J connectivity index is 1.94. The summed E-state index contributed by atoms with van der Waals surface area (Å²) in [6.07, 6.45) is 1.25. The Morgan fingerprint density at radius 3 is 2.45 bits per heavy atom. The molecule has 4 nitrogen and oxygen atoms in total. The first kappa shape index (κ1) is 15.7. The number of amides is 1. The van der Waals surface area contributed by atoms with Crippen molar-refractivity contribution < 1.29 is 13.9 Å². The van der Waals surface area contributed by atoms with Crippen LogP contribution in [-0.4, -0.2) is 19.1 Å². The molecule has 0 aromatic heterocycles. The zero-order valence-corrected chi connectivity index (χ0v) is 12.0. The van der Waals surface area contributed by atoms with Crippen molar-refractivity contribution in [2.45, 2.75) is 0 Å². The Labute approximate surface area is 128 Å². The molecule has 0 aliphatic heterocycles. The predicted octanol–water partition coefficient (Wildman–Crippen LogP) is 3.13. The first-order chi connectivity index (χ1) is 10.7. The number of nitrogens with two attached hydrogens (primary N) is 1. The number of hydrogen-bond acceptors (Lipinski definition) is 3. The highest BCUT2D eigenvalue weighted by molar-refractivity contribution is 6.04. The van der Waals surface area contributed by atoms with Gasteiger partial charge in [-0.1, -0.05) is 18.2 Å². The zero-order chi connectivity index (χ0) is 15.8. The number of rotatable bonds is 6. The number of benzene rings is 2. The van der Waals surface area contributed by atoms with E-state index >= 15 is 0 Å². The molecule has 0 radical (unpaired) electrons. The maximum absolute atomic E-state index is 13.1. The van der Waals surface area contributed by atoms with Crippen LogP contribution in [0.5, 0.6) is 5.75 Å². The van der Waals surface area contributed by atoms with E-state index < -0.39 is 5.83 Å². The Kier molecular flexibility index (Phi) is 5.68. The lowest BCUT2D eigenvalue weighted by Crippen LogP contribution is -2.11. The van der Waals surface area contributed by atoms with Crippen LogP contribution in [0.25, 0.3) is 0 Å². The number of para-hydroxylation sites is 1. The van der Waals surface area contributed by atoms with Gasteiger partial charge < -0.3 is 15.8 Å². The molecule has 114 valence electrons. The van der Waals surface area contributed by atoms with E-state index in [-0.39, 0.29) is 19.1 Å². The van der Waals surface area contributed by atoms with E-state index in [9.17, 15) is 9.18 Å². The molecule has 0 spiro atoms. The summed E-state index contributed by atoms with van der Waals surface area (Å²) in [7, 11) is 0. The average Bonchev–Trinajstić information content (AvgIpc) is 2.54.